The molecule has 94 valence electrons. The summed E-state index contributed by atoms with van der Waals surface area (Å²) in [6.45, 7) is 9.22. The molecule has 0 aromatic rings. The predicted octanol–water partition coefficient (Wildman–Crippen LogP) is 2.62. The summed E-state index contributed by atoms with van der Waals surface area (Å²) in [7, 11) is 0. The molecule has 2 rings (SSSR count). The maximum atomic E-state index is 6.08. The second-order valence-electron chi connectivity index (χ2n) is 6.53. The molecule has 1 heterocycles. The van der Waals surface area contributed by atoms with Crippen molar-refractivity contribution in [3.63, 3.8) is 0 Å². The van der Waals surface area contributed by atoms with Crippen LogP contribution < -0.4 is 5.73 Å². The minimum atomic E-state index is 0.259. The molecule has 0 bridgehead atoms. The number of nitrogens with two attached hydrogens (primary N) is 1. The summed E-state index contributed by atoms with van der Waals surface area (Å²) in [5, 5.41) is 0. The number of likely N-dealkylation sites (tertiary alicyclic amines) is 1. The minimum Gasteiger partial charge on any atom is -0.329 e. The Morgan fingerprint density at radius 2 is 1.88 bits per heavy atom. The van der Waals surface area contributed by atoms with Crippen LogP contribution in [-0.2, 0) is 0 Å². The standard InChI is InChI=1S/C14H28N2/c1-11-4-5-12(2)16(9-11)14(3,10-15)8-13-6-7-13/h11-13H,4-10,15H2,1-3H3. The molecule has 0 radical (unpaired) electrons. The number of hydrogen-bond acceptors (Lipinski definition) is 2. The minimum absolute atomic E-state index is 0.259. The summed E-state index contributed by atoms with van der Waals surface area (Å²) >= 11 is 0. The zero-order chi connectivity index (χ0) is 11.8. The Morgan fingerprint density at radius 3 is 2.44 bits per heavy atom. The Hall–Kier alpha value is -0.0800. The Kier molecular flexibility index (Phi) is 3.60. The van der Waals surface area contributed by atoms with E-state index >= 15 is 0 Å². The van der Waals surface area contributed by atoms with Gasteiger partial charge in [0.2, 0.25) is 0 Å². The lowest BCUT2D eigenvalue weighted by Gasteiger charge is -2.48. The van der Waals surface area contributed by atoms with E-state index in [1.165, 1.54) is 38.6 Å². The summed E-state index contributed by atoms with van der Waals surface area (Å²) < 4.78 is 0. The lowest BCUT2D eigenvalue weighted by Crippen LogP contribution is -2.58. The molecule has 3 atom stereocenters. The highest BCUT2D eigenvalue weighted by Crippen LogP contribution is 2.40. The molecule has 0 aromatic carbocycles. The maximum absolute atomic E-state index is 6.08. The number of piperidine rings is 1. The topological polar surface area (TPSA) is 29.3 Å². The molecule has 1 saturated carbocycles. The fourth-order valence-corrected chi connectivity index (χ4v) is 3.30. The molecule has 1 saturated heterocycles. The van der Waals surface area contributed by atoms with Crippen LogP contribution >= 0.6 is 0 Å². The van der Waals surface area contributed by atoms with E-state index in [1.54, 1.807) is 0 Å². The zero-order valence-electron chi connectivity index (χ0n) is 11.2. The molecule has 0 aromatic heterocycles. The molecule has 16 heavy (non-hydrogen) atoms. The SMILES string of the molecule is CC1CCC(C)N(C(C)(CN)CC2CC2)C1. The Bertz CT molecular complexity index is 237. The fourth-order valence-electron chi connectivity index (χ4n) is 3.30. The normalized spacial score (nSPS) is 36.0. The summed E-state index contributed by atoms with van der Waals surface area (Å²) in [6, 6.07) is 0.725. The van der Waals surface area contributed by atoms with E-state index in [1.807, 2.05) is 0 Å². The van der Waals surface area contributed by atoms with Gasteiger partial charge in [0.1, 0.15) is 0 Å². The Balaban J connectivity index is 2.04. The van der Waals surface area contributed by atoms with E-state index in [0.717, 1.165) is 24.4 Å². The number of hydrogen-bond donors (Lipinski definition) is 1. The van der Waals surface area contributed by atoms with Crippen LogP contribution in [0.15, 0.2) is 0 Å². The van der Waals surface area contributed by atoms with Crippen LogP contribution in [0.1, 0.15) is 52.9 Å². The summed E-state index contributed by atoms with van der Waals surface area (Å²) in [5.74, 6) is 1.82. The summed E-state index contributed by atoms with van der Waals surface area (Å²) in [5.41, 5.74) is 6.34. The monoisotopic (exact) mass is 224 g/mol. The highest BCUT2D eigenvalue weighted by molar-refractivity contribution is 4.96. The van der Waals surface area contributed by atoms with Gasteiger partial charge in [-0.25, -0.2) is 0 Å². The first-order chi connectivity index (χ1) is 7.55. The van der Waals surface area contributed by atoms with Crippen molar-refractivity contribution in [1.82, 2.24) is 4.90 Å². The average Bonchev–Trinajstić information content (AvgIpc) is 3.05. The first-order valence-electron chi connectivity index (χ1n) is 7.02. The first kappa shape index (κ1) is 12.4. The molecule has 0 amide bonds. The van der Waals surface area contributed by atoms with Crippen molar-refractivity contribution in [3.05, 3.63) is 0 Å². The molecule has 3 unspecified atom stereocenters. The van der Waals surface area contributed by atoms with Gasteiger partial charge in [0.25, 0.3) is 0 Å². The summed E-state index contributed by atoms with van der Waals surface area (Å²) in [6.07, 6.45) is 6.93. The van der Waals surface area contributed by atoms with Crippen molar-refractivity contribution in [3.8, 4) is 0 Å². The Labute approximate surface area is 101 Å². The van der Waals surface area contributed by atoms with Crippen molar-refractivity contribution in [2.45, 2.75) is 64.5 Å². The molecule has 0 spiro atoms. The van der Waals surface area contributed by atoms with E-state index in [0.29, 0.717) is 0 Å². The molecular formula is C14H28N2. The van der Waals surface area contributed by atoms with Crippen LogP contribution in [0.3, 0.4) is 0 Å². The number of nitrogens with zero attached hydrogens (tertiary/aromatic N) is 1. The van der Waals surface area contributed by atoms with Crippen molar-refractivity contribution in [2.24, 2.45) is 17.6 Å². The fraction of sp³-hybridized carbons (Fsp3) is 1.00. The molecule has 2 heteroatoms. The van der Waals surface area contributed by atoms with Gasteiger partial charge in [-0.05, 0) is 44.9 Å². The van der Waals surface area contributed by atoms with Gasteiger partial charge in [-0.1, -0.05) is 19.8 Å². The van der Waals surface area contributed by atoms with Crippen molar-refractivity contribution in [2.75, 3.05) is 13.1 Å². The van der Waals surface area contributed by atoms with Gasteiger partial charge in [0.05, 0.1) is 0 Å². The second kappa shape index (κ2) is 4.66. The van der Waals surface area contributed by atoms with Gasteiger partial charge in [-0.15, -0.1) is 0 Å². The lowest BCUT2D eigenvalue weighted by molar-refractivity contribution is 0.0126. The highest BCUT2D eigenvalue weighted by Gasteiger charge is 2.40. The van der Waals surface area contributed by atoms with Crippen LogP contribution in [0.4, 0.5) is 0 Å². The quantitative estimate of drug-likeness (QED) is 0.795. The van der Waals surface area contributed by atoms with Gasteiger partial charge in [0.15, 0.2) is 0 Å². The van der Waals surface area contributed by atoms with Gasteiger partial charge in [0, 0.05) is 24.7 Å². The largest absolute Gasteiger partial charge is 0.329 e. The van der Waals surface area contributed by atoms with Crippen molar-refractivity contribution < 1.29 is 0 Å². The lowest BCUT2D eigenvalue weighted by atomic mass is 9.85. The molecular weight excluding hydrogens is 196 g/mol. The first-order valence-corrected chi connectivity index (χ1v) is 7.02. The van der Waals surface area contributed by atoms with Gasteiger partial charge in [-0.3, -0.25) is 4.90 Å². The third-order valence-electron chi connectivity index (χ3n) is 4.68. The zero-order valence-corrected chi connectivity index (χ0v) is 11.2. The molecule has 2 fully saturated rings. The van der Waals surface area contributed by atoms with Gasteiger partial charge >= 0.3 is 0 Å². The van der Waals surface area contributed by atoms with E-state index in [-0.39, 0.29) is 5.54 Å². The van der Waals surface area contributed by atoms with Gasteiger partial charge < -0.3 is 5.73 Å². The van der Waals surface area contributed by atoms with Crippen LogP contribution in [-0.4, -0.2) is 29.6 Å². The smallest absolute Gasteiger partial charge is 0.0309 e. The maximum Gasteiger partial charge on any atom is 0.0309 e. The van der Waals surface area contributed by atoms with E-state index in [9.17, 15) is 0 Å². The van der Waals surface area contributed by atoms with E-state index in [2.05, 4.69) is 25.7 Å². The molecule has 2 nitrogen and oxygen atoms in total. The highest BCUT2D eigenvalue weighted by atomic mass is 15.2. The molecule has 1 aliphatic heterocycles. The molecule has 2 aliphatic rings. The second-order valence-corrected chi connectivity index (χ2v) is 6.53. The van der Waals surface area contributed by atoms with Crippen LogP contribution in [0.25, 0.3) is 0 Å². The average molecular weight is 224 g/mol. The third kappa shape index (κ3) is 2.60. The van der Waals surface area contributed by atoms with Crippen LogP contribution in [0, 0.1) is 11.8 Å². The Morgan fingerprint density at radius 1 is 1.19 bits per heavy atom. The van der Waals surface area contributed by atoms with Gasteiger partial charge in [-0.2, -0.15) is 0 Å². The van der Waals surface area contributed by atoms with E-state index in [4.69, 9.17) is 5.73 Å². The van der Waals surface area contributed by atoms with Crippen molar-refractivity contribution in [1.29, 1.82) is 0 Å². The number of rotatable bonds is 4. The van der Waals surface area contributed by atoms with Crippen LogP contribution in [0.5, 0.6) is 0 Å². The van der Waals surface area contributed by atoms with Crippen molar-refractivity contribution >= 4 is 0 Å². The third-order valence-corrected chi connectivity index (χ3v) is 4.68. The van der Waals surface area contributed by atoms with E-state index < -0.39 is 0 Å². The molecule has 2 N–H and O–H groups in total. The molecule has 1 aliphatic carbocycles. The predicted molar refractivity (Wildman–Crippen MR) is 69.4 cm³/mol. The van der Waals surface area contributed by atoms with Crippen LogP contribution in [0.2, 0.25) is 0 Å². The summed E-state index contributed by atoms with van der Waals surface area (Å²) in [4.78, 5) is 2.71.